The van der Waals surface area contributed by atoms with Crippen LogP contribution in [0.3, 0.4) is 0 Å². The second-order valence-electron chi connectivity index (χ2n) is 4.67. The van der Waals surface area contributed by atoms with Crippen LogP contribution in [0.25, 0.3) is 0 Å². The van der Waals surface area contributed by atoms with Crippen LogP contribution in [0.15, 0.2) is 12.1 Å². The van der Waals surface area contributed by atoms with Crippen molar-refractivity contribution in [3.63, 3.8) is 0 Å². The summed E-state index contributed by atoms with van der Waals surface area (Å²) in [5.41, 5.74) is -0.455. The quantitative estimate of drug-likeness (QED) is 0.857. The number of hydrogen-bond donors (Lipinski definition) is 2. The number of aliphatic hydroxyl groups is 1. The van der Waals surface area contributed by atoms with Gasteiger partial charge in [-0.2, -0.15) is 8.78 Å². The summed E-state index contributed by atoms with van der Waals surface area (Å²) in [7, 11) is 0. The lowest BCUT2D eigenvalue weighted by Gasteiger charge is -2.28. The number of anilines is 1. The lowest BCUT2D eigenvalue weighted by atomic mass is 10.0. The highest BCUT2D eigenvalue weighted by Crippen LogP contribution is 2.37. The fourth-order valence-corrected chi connectivity index (χ4v) is 1.85. The molecule has 108 valence electrons. The molecule has 0 radical (unpaired) electrons. The summed E-state index contributed by atoms with van der Waals surface area (Å²) in [4.78, 5) is 0. The Kier molecular flexibility index (Phi) is 5.24. The summed E-state index contributed by atoms with van der Waals surface area (Å²) in [6, 6.07) is 2.53. The normalized spacial score (nSPS) is 13.5. The highest BCUT2D eigenvalue weighted by molar-refractivity contribution is 6.37. The van der Waals surface area contributed by atoms with Crippen LogP contribution in [-0.2, 0) is 0 Å². The van der Waals surface area contributed by atoms with Gasteiger partial charge >= 0.3 is 6.61 Å². The summed E-state index contributed by atoms with van der Waals surface area (Å²) in [5.74, 6) is -0.264. The predicted molar refractivity (Wildman–Crippen MR) is 72.5 cm³/mol. The Morgan fingerprint density at radius 1 is 1.26 bits per heavy atom. The number of alkyl halides is 2. The summed E-state index contributed by atoms with van der Waals surface area (Å²) >= 11 is 11.7. The fourth-order valence-electron chi connectivity index (χ4n) is 1.27. The van der Waals surface area contributed by atoms with Crippen molar-refractivity contribution in [1.82, 2.24) is 0 Å². The van der Waals surface area contributed by atoms with Gasteiger partial charge in [0.2, 0.25) is 0 Å². The maximum atomic E-state index is 12.2. The molecule has 0 aliphatic heterocycles. The fraction of sp³-hybridized carbons (Fsp3) is 0.500. The van der Waals surface area contributed by atoms with Gasteiger partial charge in [-0.1, -0.05) is 23.2 Å². The van der Waals surface area contributed by atoms with E-state index in [2.05, 4.69) is 10.1 Å². The average Bonchev–Trinajstić information content (AvgIpc) is 2.21. The highest BCUT2D eigenvalue weighted by Gasteiger charge is 2.23. The van der Waals surface area contributed by atoms with Crippen LogP contribution in [0.5, 0.6) is 5.75 Å². The van der Waals surface area contributed by atoms with Gasteiger partial charge in [0.15, 0.2) is 5.75 Å². The molecule has 0 saturated carbocycles. The predicted octanol–water partition coefficient (Wildman–Crippen LogP) is 4.17. The molecule has 1 rings (SSSR count). The first-order chi connectivity index (χ1) is 8.61. The second-order valence-corrected chi connectivity index (χ2v) is 5.48. The molecule has 1 aromatic rings. The third kappa shape index (κ3) is 4.67. The van der Waals surface area contributed by atoms with Gasteiger partial charge in [0.25, 0.3) is 0 Å². The zero-order valence-corrected chi connectivity index (χ0v) is 12.2. The monoisotopic (exact) mass is 313 g/mol. The molecule has 0 amide bonds. The number of halogens is 4. The zero-order valence-electron chi connectivity index (χ0n) is 10.7. The Morgan fingerprint density at radius 2 is 1.74 bits per heavy atom. The molecule has 2 N–H and O–H groups in total. The Bertz CT molecular complexity index is 427. The van der Waals surface area contributed by atoms with E-state index >= 15 is 0 Å². The van der Waals surface area contributed by atoms with Crippen molar-refractivity contribution in [3.8, 4) is 5.75 Å². The minimum Gasteiger partial charge on any atom is -0.432 e. The molecule has 0 aromatic heterocycles. The number of rotatable bonds is 5. The standard InChI is InChI=1S/C12H15Cl2F2NO2/c1-6(12(2,3)18)17-7-4-8(13)10(9(14)5-7)19-11(15)16/h4-6,11,17-18H,1-3H3. The van der Waals surface area contributed by atoms with Crippen LogP contribution in [-0.4, -0.2) is 23.4 Å². The van der Waals surface area contributed by atoms with Crippen molar-refractivity contribution in [2.24, 2.45) is 0 Å². The van der Waals surface area contributed by atoms with E-state index in [1.807, 2.05) is 0 Å². The van der Waals surface area contributed by atoms with Gasteiger partial charge in [-0.05, 0) is 32.9 Å². The molecular weight excluding hydrogens is 299 g/mol. The van der Waals surface area contributed by atoms with Gasteiger partial charge in [-0.15, -0.1) is 0 Å². The van der Waals surface area contributed by atoms with Gasteiger partial charge in [0.05, 0.1) is 21.7 Å². The largest absolute Gasteiger partial charge is 0.432 e. The van der Waals surface area contributed by atoms with Crippen LogP contribution in [0.2, 0.25) is 10.0 Å². The van der Waals surface area contributed by atoms with E-state index in [1.54, 1.807) is 20.8 Å². The summed E-state index contributed by atoms with van der Waals surface area (Å²) in [6.07, 6.45) is 0. The summed E-state index contributed by atoms with van der Waals surface area (Å²) < 4.78 is 28.5. The second kappa shape index (κ2) is 6.11. The van der Waals surface area contributed by atoms with Gasteiger partial charge in [-0.25, -0.2) is 0 Å². The number of benzene rings is 1. The first-order valence-corrected chi connectivity index (χ1v) is 6.29. The molecular formula is C12H15Cl2F2NO2. The molecule has 7 heteroatoms. The van der Waals surface area contributed by atoms with E-state index in [1.165, 1.54) is 12.1 Å². The first-order valence-electron chi connectivity index (χ1n) is 5.54. The average molecular weight is 314 g/mol. The van der Waals surface area contributed by atoms with Crippen LogP contribution in [0.1, 0.15) is 20.8 Å². The Hall–Kier alpha value is -0.780. The molecule has 0 aliphatic rings. The van der Waals surface area contributed by atoms with Crippen molar-refractivity contribution in [1.29, 1.82) is 0 Å². The third-order valence-corrected chi connectivity index (χ3v) is 3.21. The topological polar surface area (TPSA) is 41.5 Å². The molecule has 0 heterocycles. The minimum atomic E-state index is -3.00. The van der Waals surface area contributed by atoms with Crippen LogP contribution in [0, 0.1) is 0 Å². The van der Waals surface area contributed by atoms with Crippen molar-refractivity contribution in [2.75, 3.05) is 5.32 Å². The maximum Gasteiger partial charge on any atom is 0.387 e. The van der Waals surface area contributed by atoms with Crippen molar-refractivity contribution < 1.29 is 18.6 Å². The molecule has 1 atom stereocenters. The molecule has 1 aromatic carbocycles. The number of ether oxygens (including phenoxy) is 1. The van der Waals surface area contributed by atoms with Gasteiger partial charge in [0, 0.05) is 5.69 Å². The van der Waals surface area contributed by atoms with E-state index in [0.717, 1.165) is 0 Å². The molecule has 0 bridgehead atoms. The number of nitrogens with one attached hydrogen (secondary N) is 1. The van der Waals surface area contributed by atoms with Crippen molar-refractivity contribution >= 4 is 28.9 Å². The summed E-state index contributed by atoms with van der Waals surface area (Å²) in [6.45, 7) is 2.06. The van der Waals surface area contributed by atoms with Gasteiger partial charge in [-0.3, -0.25) is 0 Å². The minimum absolute atomic E-state index is 0.0294. The molecule has 0 spiro atoms. The summed E-state index contributed by atoms with van der Waals surface area (Å²) in [5, 5.41) is 12.7. The molecule has 0 saturated heterocycles. The van der Waals surface area contributed by atoms with E-state index < -0.39 is 12.2 Å². The Balaban J connectivity index is 2.95. The van der Waals surface area contributed by atoms with Crippen LogP contribution < -0.4 is 10.1 Å². The Labute approximate surface area is 120 Å². The first kappa shape index (κ1) is 16.3. The lowest BCUT2D eigenvalue weighted by molar-refractivity contribution is -0.0497. The molecule has 0 aliphatic carbocycles. The molecule has 1 unspecified atom stereocenters. The van der Waals surface area contributed by atoms with Crippen LogP contribution in [0.4, 0.5) is 14.5 Å². The third-order valence-electron chi connectivity index (χ3n) is 2.65. The number of hydrogen-bond acceptors (Lipinski definition) is 3. The lowest BCUT2D eigenvalue weighted by Crippen LogP contribution is -2.39. The zero-order chi connectivity index (χ0) is 14.8. The van der Waals surface area contributed by atoms with E-state index in [9.17, 15) is 13.9 Å². The molecule has 0 fully saturated rings. The van der Waals surface area contributed by atoms with Gasteiger partial charge in [0.1, 0.15) is 0 Å². The van der Waals surface area contributed by atoms with Crippen LogP contribution >= 0.6 is 23.2 Å². The van der Waals surface area contributed by atoms with E-state index in [0.29, 0.717) is 5.69 Å². The highest BCUT2D eigenvalue weighted by atomic mass is 35.5. The van der Waals surface area contributed by atoms with E-state index in [4.69, 9.17) is 23.2 Å². The molecule has 3 nitrogen and oxygen atoms in total. The van der Waals surface area contributed by atoms with Gasteiger partial charge < -0.3 is 15.2 Å². The SMILES string of the molecule is CC(Nc1cc(Cl)c(OC(F)F)c(Cl)c1)C(C)(C)O. The molecule has 19 heavy (non-hydrogen) atoms. The Morgan fingerprint density at radius 3 is 2.11 bits per heavy atom. The van der Waals surface area contributed by atoms with E-state index in [-0.39, 0.29) is 21.8 Å². The maximum absolute atomic E-state index is 12.2. The van der Waals surface area contributed by atoms with Crippen molar-refractivity contribution in [2.45, 2.75) is 39.0 Å². The van der Waals surface area contributed by atoms with Crippen molar-refractivity contribution in [3.05, 3.63) is 22.2 Å². The smallest absolute Gasteiger partial charge is 0.387 e.